The Morgan fingerprint density at radius 3 is 2.68 bits per heavy atom. The Morgan fingerprint density at radius 2 is 2.00 bits per heavy atom. The molecule has 5 heteroatoms. The lowest BCUT2D eigenvalue weighted by Gasteiger charge is -2.13. The molecule has 0 aliphatic heterocycles. The quantitative estimate of drug-likeness (QED) is 0.541. The van der Waals surface area contributed by atoms with Crippen LogP contribution in [0.25, 0.3) is 0 Å². The summed E-state index contributed by atoms with van der Waals surface area (Å²) < 4.78 is 0. The molecule has 0 radical (unpaired) electrons. The molecule has 0 aliphatic carbocycles. The maximum atomic E-state index is 11.9. The monoisotopic (exact) mass is 361 g/mol. The van der Waals surface area contributed by atoms with Crippen molar-refractivity contribution < 1.29 is 4.79 Å². The summed E-state index contributed by atoms with van der Waals surface area (Å²) in [5.74, 6) is 1.34. The van der Waals surface area contributed by atoms with Crippen LogP contribution in [-0.2, 0) is 10.5 Å². The van der Waals surface area contributed by atoms with Gasteiger partial charge in [0.2, 0.25) is 5.91 Å². The van der Waals surface area contributed by atoms with Crippen LogP contribution in [0.1, 0.15) is 51.5 Å². The van der Waals surface area contributed by atoms with Gasteiger partial charge in [0.15, 0.2) is 0 Å². The Balaban J connectivity index is 2.18. The molecule has 0 spiro atoms. The number of nitrogens with one attached hydrogen (secondary N) is 1. The predicted octanol–water partition coefficient (Wildman–Crippen LogP) is 5.70. The van der Waals surface area contributed by atoms with Gasteiger partial charge < -0.3 is 5.32 Å². The molecule has 1 unspecified atom stereocenters. The van der Waals surface area contributed by atoms with E-state index in [4.69, 9.17) is 23.2 Å². The minimum atomic E-state index is 0.105. The fraction of sp³-hybridized carbons (Fsp3) is 0.588. The zero-order chi connectivity index (χ0) is 16.4. The van der Waals surface area contributed by atoms with E-state index in [0.29, 0.717) is 15.8 Å². The second kappa shape index (κ2) is 11.2. The summed E-state index contributed by atoms with van der Waals surface area (Å²) in [6.07, 6.45) is 6.02. The fourth-order valence-corrected chi connectivity index (χ4v) is 3.26. The minimum Gasteiger partial charge on any atom is -0.353 e. The van der Waals surface area contributed by atoms with E-state index in [0.717, 1.165) is 17.7 Å². The number of benzene rings is 1. The van der Waals surface area contributed by atoms with Crippen LogP contribution in [0, 0.1) is 0 Å². The minimum absolute atomic E-state index is 0.105. The standard InChI is InChI=1S/C17H25Cl2NOS/c1-3-4-5-6-7-13(2)20-17(21)12-22-11-14-8-9-15(18)16(19)10-14/h8-10,13H,3-7,11-12H2,1-2H3,(H,20,21). The van der Waals surface area contributed by atoms with Gasteiger partial charge in [-0.05, 0) is 31.0 Å². The zero-order valence-corrected chi connectivity index (χ0v) is 15.7. The highest BCUT2D eigenvalue weighted by molar-refractivity contribution is 7.99. The molecule has 0 saturated carbocycles. The van der Waals surface area contributed by atoms with E-state index in [1.54, 1.807) is 17.8 Å². The van der Waals surface area contributed by atoms with E-state index in [9.17, 15) is 4.79 Å². The maximum Gasteiger partial charge on any atom is 0.230 e. The highest BCUT2D eigenvalue weighted by atomic mass is 35.5. The van der Waals surface area contributed by atoms with Crippen LogP contribution in [0.4, 0.5) is 0 Å². The SMILES string of the molecule is CCCCCCC(C)NC(=O)CSCc1ccc(Cl)c(Cl)c1. The molecule has 0 aromatic heterocycles. The highest BCUT2D eigenvalue weighted by Crippen LogP contribution is 2.24. The van der Waals surface area contributed by atoms with E-state index in [2.05, 4.69) is 19.2 Å². The number of thioether (sulfide) groups is 1. The third kappa shape index (κ3) is 8.30. The number of unbranched alkanes of at least 4 members (excludes halogenated alkanes) is 3. The number of rotatable bonds is 10. The second-order valence-electron chi connectivity index (χ2n) is 5.56. The van der Waals surface area contributed by atoms with E-state index in [1.165, 1.54) is 25.7 Å². The van der Waals surface area contributed by atoms with Gasteiger partial charge in [-0.25, -0.2) is 0 Å². The molecule has 1 atom stereocenters. The Hall–Kier alpha value is -0.380. The van der Waals surface area contributed by atoms with Gasteiger partial charge in [-0.3, -0.25) is 4.79 Å². The van der Waals surface area contributed by atoms with Gasteiger partial charge in [-0.15, -0.1) is 11.8 Å². The smallest absolute Gasteiger partial charge is 0.230 e. The van der Waals surface area contributed by atoms with E-state index in [1.807, 2.05) is 12.1 Å². The molecule has 0 heterocycles. The molecule has 0 aliphatic rings. The highest BCUT2D eigenvalue weighted by Gasteiger charge is 2.07. The van der Waals surface area contributed by atoms with Crippen LogP contribution in [0.2, 0.25) is 10.0 Å². The van der Waals surface area contributed by atoms with Crippen LogP contribution < -0.4 is 5.32 Å². The van der Waals surface area contributed by atoms with Gasteiger partial charge >= 0.3 is 0 Å². The molecule has 124 valence electrons. The van der Waals surface area contributed by atoms with Crippen molar-refractivity contribution in [1.29, 1.82) is 0 Å². The van der Waals surface area contributed by atoms with Crippen molar-refractivity contribution in [3.05, 3.63) is 33.8 Å². The molecule has 2 nitrogen and oxygen atoms in total. The molecule has 0 saturated heterocycles. The van der Waals surface area contributed by atoms with Crippen molar-refractivity contribution in [1.82, 2.24) is 5.32 Å². The molecular formula is C17H25Cl2NOS. The molecule has 0 bridgehead atoms. The molecular weight excluding hydrogens is 337 g/mol. The molecule has 22 heavy (non-hydrogen) atoms. The van der Waals surface area contributed by atoms with Gasteiger partial charge in [-0.2, -0.15) is 0 Å². The average Bonchev–Trinajstić information content (AvgIpc) is 2.47. The van der Waals surface area contributed by atoms with E-state index < -0.39 is 0 Å². The van der Waals surface area contributed by atoms with Crippen molar-refractivity contribution in [2.24, 2.45) is 0 Å². The van der Waals surface area contributed by atoms with E-state index >= 15 is 0 Å². The van der Waals surface area contributed by atoms with Crippen molar-refractivity contribution >= 4 is 40.9 Å². The Kier molecular flexibility index (Phi) is 10.0. The molecule has 1 amide bonds. The summed E-state index contributed by atoms with van der Waals surface area (Å²) in [6, 6.07) is 5.84. The van der Waals surface area contributed by atoms with Crippen LogP contribution in [-0.4, -0.2) is 17.7 Å². The molecule has 0 fully saturated rings. The third-order valence-electron chi connectivity index (χ3n) is 3.38. The van der Waals surface area contributed by atoms with Gasteiger partial charge in [-0.1, -0.05) is 61.9 Å². The first kappa shape index (κ1) is 19.7. The first-order valence-electron chi connectivity index (χ1n) is 7.84. The first-order valence-corrected chi connectivity index (χ1v) is 9.75. The summed E-state index contributed by atoms with van der Waals surface area (Å²) in [4.78, 5) is 11.9. The third-order valence-corrected chi connectivity index (χ3v) is 5.13. The van der Waals surface area contributed by atoms with Crippen molar-refractivity contribution in [2.45, 2.75) is 57.7 Å². The van der Waals surface area contributed by atoms with Gasteiger partial charge in [0.1, 0.15) is 0 Å². The fourth-order valence-electron chi connectivity index (χ4n) is 2.16. The second-order valence-corrected chi connectivity index (χ2v) is 7.36. The number of amides is 1. The largest absolute Gasteiger partial charge is 0.353 e. The Bertz CT molecular complexity index is 468. The normalized spacial score (nSPS) is 12.2. The number of hydrogen-bond donors (Lipinski definition) is 1. The summed E-state index contributed by atoms with van der Waals surface area (Å²) in [7, 11) is 0. The average molecular weight is 362 g/mol. The summed E-state index contributed by atoms with van der Waals surface area (Å²) in [6.45, 7) is 4.28. The van der Waals surface area contributed by atoms with Crippen molar-refractivity contribution in [3.63, 3.8) is 0 Å². The van der Waals surface area contributed by atoms with Crippen molar-refractivity contribution in [2.75, 3.05) is 5.75 Å². The first-order chi connectivity index (χ1) is 10.5. The van der Waals surface area contributed by atoms with Crippen LogP contribution in [0.5, 0.6) is 0 Å². The lowest BCUT2D eigenvalue weighted by atomic mass is 10.1. The summed E-state index contributed by atoms with van der Waals surface area (Å²) in [5, 5.41) is 4.18. The van der Waals surface area contributed by atoms with Gasteiger partial charge in [0, 0.05) is 11.8 Å². The van der Waals surface area contributed by atoms with E-state index in [-0.39, 0.29) is 11.9 Å². The van der Waals surface area contributed by atoms with Crippen LogP contribution >= 0.6 is 35.0 Å². The van der Waals surface area contributed by atoms with Gasteiger partial charge in [0.25, 0.3) is 0 Å². The van der Waals surface area contributed by atoms with Crippen LogP contribution in [0.15, 0.2) is 18.2 Å². The summed E-state index contributed by atoms with van der Waals surface area (Å²) >= 11 is 13.4. The molecule has 1 aromatic carbocycles. The molecule has 1 N–H and O–H groups in total. The number of halogens is 2. The lowest BCUT2D eigenvalue weighted by molar-refractivity contribution is -0.119. The maximum absolute atomic E-state index is 11.9. The molecule has 1 aromatic rings. The van der Waals surface area contributed by atoms with Crippen molar-refractivity contribution in [3.8, 4) is 0 Å². The topological polar surface area (TPSA) is 29.1 Å². The number of hydrogen-bond acceptors (Lipinski definition) is 2. The number of carbonyl (C=O) groups excluding carboxylic acids is 1. The lowest BCUT2D eigenvalue weighted by Crippen LogP contribution is -2.33. The summed E-state index contributed by atoms with van der Waals surface area (Å²) in [5.41, 5.74) is 1.08. The predicted molar refractivity (Wildman–Crippen MR) is 99.0 cm³/mol. The zero-order valence-electron chi connectivity index (χ0n) is 13.3. The van der Waals surface area contributed by atoms with Gasteiger partial charge in [0.05, 0.1) is 15.8 Å². The Morgan fingerprint density at radius 1 is 1.23 bits per heavy atom. The number of carbonyl (C=O) groups is 1. The van der Waals surface area contributed by atoms with Crippen LogP contribution in [0.3, 0.4) is 0 Å². The molecule has 1 rings (SSSR count). The Labute approximate surface area is 148 Å².